The number of nitrogens with one attached hydrogen (secondary N) is 1. The summed E-state index contributed by atoms with van der Waals surface area (Å²) in [6.45, 7) is 0.138. The third kappa shape index (κ3) is 4.37. The third-order valence-electron chi connectivity index (χ3n) is 3.12. The first-order chi connectivity index (χ1) is 11.8. The Hall–Kier alpha value is -2.39. The molecule has 0 aliphatic heterocycles. The highest BCUT2D eigenvalue weighted by Crippen LogP contribution is 2.27. The van der Waals surface area contributed by atoms with Crippen molar-refractivity contribution in [1.82, 2.24) is 14.8 Å². The van der Waals surface area contributed by atoms with Crippen LogP contribution in [-0.4, -0.2) is 20.7 Å². The zero-order valence-corrected chi connectivity index (χ0v) is 14.0. The summed E-state index contributed by atoms with van der Waals surface area (Å²) >= 11 is 6.91. The quantitative estimate of drug-likeness (QED) is 0.726. The predicted molar refractivity (Wildman–Crippen MR) is 87.9 cm³/mol. The average Bonchev–Trinajstić information content (AvgIpc) is 3.19. The number of amides is 1. The Morgan fingerprint density at radius 1 is 1.32 bits per heavy atom. The molecule has 0 aromatic carbocycles. The average molecular weight is 387 g/mol. The van der Waals surface area contributed by atoms with Crippen LogP contribution in [0, 0.1) is 0 Å². The molecule has 3 heterocycles. The number of hydrogen-bond acceptors (Lipinski definition) is 4. The van der Waals surface area contributed by atoms with Crippen molar-refractivity contribution in [2.45, 2.75) is 12.7 Å². The second-order valence-corrected chi connectivity index (χ2v) is 6.38. The highest BCUT2D eigenvalue weighted by Gasteiger charge is 2.33. The van der Waals surface area contributed by atoms with Gasteiger partial charge in [-0.3, -0.25) is 9.48 Å². The van der Waals surface area contributed by atoms with Gasteiger partial charge in [0.2, 0.25) is 0 Å². The molecule has 0 fully saturated rings. The van der Waals surface area contributed by atoms with Gasteiger partial charge in [0.05, 0.1) is 16.4 Å². The van der Waals surface area contributed by atoms with Crippen LogP contribution in [-0.2, 0) is 12.7 Å². The highest BCUT2D eigenvalue weighted by molar-refractivity contribution is 7.12. The smallest absolute Gasteiger partial charge is 0.306 e. The number of carbonyl (C=O) groups excluding carboxylic acids is 1. The fourth-order valence-electron chi connectivity index (χ4n) is 1.99. The summed E-state index contributed by atoms with van der Waals surface area (Å²) in [5.41, 5.74) is -0.273. The minimum absolute atomic E-state index is 0.138. The van der Waals surface area contributed by atoms with Gasteiger partial charge in [0.1, 0.15) is 5.82 Å². The topological polar surface area (TPSA) is 59.8 Å². The van der Waals surface area contributed by atoms with E-state index in [0.29, 0.717) is 21.3 Å². The number of thiophene rings is 1. The maximum Gasteiger partial charge on any atom is 0.435 e. The van der Waals surface area contributed by atoms with E-state index in [-0.39, 0.29) is 12.5 Å². The van der Waals surface area contributed by atoms with Crippen LogP contribution in [0.5, 0.6) is 0 Å². The maximum atomic E-state index is 12.5. The van der Waals surface area contributed by atoms with E-state index in [1.807, 2.05) is 0 Å². The summed E-state index contributed by atoms with van der Waals surface area (Å²) in [6.07, 6.45) is -1.82. The number of aromatic nitrogens is 3. The molecule has 10 heteroatoms. The van der Waals surface area contributed by atoms with Gasteiger partial charge in [-0.05, 0) is 35.2 Å². The molecule has 0 saturated heterocycles. The van der Waals surface area contributed by atoms with Crippen LogP contribution < -0.4 is 5.32 Å². The van der Waals surface area contributed by atoms with E-state index in [2.05, 4.69) is 15.4 Å². The predicted octanol–water partition coefficient (Wildman–Crippen LogP) is 4.31. The molecule has 0 atom stereocenters. The van der Waals surface area contributed by atoms with E-state index < -0.39 is 11.9 Å². The Kier molecular flexibility index (Phi) is 4.78. The van der Waals surface area contributed by atoms with Crippen LogP contribution in [0.3, 0.4) is 0 Å². The molecule has 3 aromatic rings. The van der Waals surface area contributed by atoms with Gasteiger partial charge >= 0.3 is 6.18 Å². The summed E-state index contributed by atoms with van der Waals surface area (Å²) in [5, 5.41) is 8.24. The van der Waals surface area contributed by atoms with Crippen molar-refractivity contribution in [3.05, 3.63) is 63.2 Å². The molecule has 0 radical (unpaired) electrons. The second-order valence-electron chi connectivity index (χ2n) is 5.03. The largest absolute Gasteiger partial charge is 0.435 e. The number of carbonyl (C=O) groups is 1. The van der Waals surface area contributed by atoms with Gasteiger partial charge in [0.15, 0.2) is 5.69 Å². The van der Waals surface area contributed by atoms with Crippen molar-refractivity contribution in [2.75, 3.05) is 5.32 Å². The third-order valence-corrected chi connectivity index (χ3v) is 4.32. The monoisotopic (exact) mass is 386 g/mol. The summed E-state index contributed by atoms with van der Waals surface area (Å²) in [6, 6.07) is 5.67. The van der Waals surface area contributed by atoms with Crippen LogP contribution in [0.1, 0.15) is 20.9 Å². The highest BCUT2D eigenvalue weighted by atomic mass is 35.5. The zero-order valence-electron chi connectivity index (χ0n) is 12.4. The molecular weight excluding hydrogens is 377 g/mol. The molecule has 25 heavy (non-hydrogen) atoms. The number of pyridine rings is 1. The van der Waals surface area contributed by atoms with Gasteiger partial charge in [-0.2, -0.15) is 18.3 Å². The fraction of sp³-hybridized carbons (Fsp3) is 0.133. The van der Waals surface area contributed by atoms with Gasteiger partial charge < -0.3 is 5.32 Å². The van der Waals surface area contributed by atoms with Crippen LogP contribution >= 0.6 is 22.9 Å². The number of nitrogens with zero attached hydrogens (tertiary/aromatic N) is 3. The lowest BCUT2D eigenvalue weighted by Gasteiger charge is -2.02. The van der Waals surface area contributed by atoms with Gasteiger partial charge in [0, 0.05) is 12.4 Å². The van der Waals surface area contributed by atoms with Crippen molar-refractivity contribution in [3.63, 3.8) is 0 Å². The van der Waals surface area contributed by atoms with Crippen molar-refractivity contribution in [3.8, 4) is 0 Å². The lowest BCUT2D eigenvalue weighted by molar-refractivity contribution is -0.141. The lowest BCUT2D eigenvalue weighted by atomic mass is 10.3. The second kappa shape index (κ2) is 6.85. The van der Waals surface area contributed by atoms with Crippen molar-refractivity contribution >= 4 is 34.7 Å². The Balaban J connectivity index is 1.66. The molecule has 0 aliphatic rings. The molecule has 5 nitrogen and oxygen atoms in total. The van der Waals surface area contributed by atoms with E-state index in [0.717, 1.165) is 6.07 Å². The first-order valence-electron chi connectivity index (χ1n) is 6.92. The first kappa shape index (κ1) is 17.4. The molecule has 0 bridgehead atoms. The van der Waals surface area contributed by atoms with Crippen LogP contribution in [0.2, 0.25) is 5.02 Å². The van der Waals surface area contributed by atoms with Crippen molar-refractivity contribution < 1.29 is 18.0 Å². The fourth-order valence-corrected chi connectivity index (χ4v) is 2.90. The molecule has 0 aliphatic carbocycles. The Labute approximate surface area is 149 Å². The van der Waals surface area contributed by atoms with Crippen LogP contribution in [0.4, 0.5) is 19.0 Å². The molecule has 0 saturated carbocycles. The van der Waals surface area contributed by atoms with Gasteiger partial charge in [0.25, 0.3) is 5.91 Å². The molecule has 3 aromatic heterocycles. The molecule has 1 amide bonds. The van der Waals surface area contributed by atoms with Crippen molar-refractivity contribution in [2.24, 2.45) is 0 Å². The van der Waals surface area contributed by atoms with Gasteiger partial charge in [-0.25, -0.2) is 4.98 Å². The van der Waals surface area contributed by atoms with Crippen LogP contribution in [0.15, 0.2) is 42.0 Å². The lowest BCUT2D eigenvalue weighted by Crippen LogP contribution is -2.11. The minimum atomic E-state index is -4.48. The standard InChI is InChI=1S/C15H10ClF3N4OS/c16-10-1-2-13(20-6-10)21-14(24)11-5-9(8-25-11)7-23-4-3-12(22-23)15(17,18)19/h1-6,8H,7H2,(H,20,21,24). The number of rotatable bonds is 4. The number of alkyl halides is 3. The first-order valence-corrected chi connectivity index (χ1v) is 8.18. The normalized spacial score (nSPS) is 11.5. The SMILES string of the molecule is O=C(Nc1ccc(Cl)cn1)c1cc(Cn2ccc(C(F)(F)F)n2)cs1. The Morgan fingerprint density at radius 3 is 2.76 bits per heavy atom. The summed E-state index contributed by atoms with van der Waals surface area (Å²) in [4.78, 5) is 16.5. The Morgan fingerprint density at radius 2 is 2.12 bits per heavy atom. The summed E-state index contributed by atoms with van der Waals surface area (Å²) in [5.74, 6) is -0.00577. The van der Waals surface area contributed by atoms with E-state index >= 15 is 0 Å². The maximum absolute atomic E-state index is 12.5. The zero-order chi connectivity index (χ0) is 18.0. The van der Waals surface area contributed by atoms with E-state index in [1.165, 1.54) is 28.4 Å². The molecular formula is C15H10ClF3N4OS. The molecule has 3 rings (SSSR count). The molecule has 0 spiro atoms. The van der Waals surface area contributed by atoms with Crippen LogP contribution in [0.25, 0.3) is 0 Å². The molecule has 0 unspecified atom stereocenters. The van der Waals surface area contributed by atoms with Gasteiger partial charge in [-0.15, -0.1) is 11.3 Å². The molecule has 130 valence electrons. The number of hydrogen-bond donors (Lipinski definition) is 1. The summed E-state index contributed by atoms with van der Waals surface area (Å²) < 4.78 is 38.8. The van der Waals surface area contributed by atoms with E-state index in [1.54, 1.807) is 23.6 Å². The number of anilines is 1. The van der Waals surface area contributed by atoms with Crippen molar-refractivity contribution in [1.29, 1.82) is 0 Å². The molecule has 1 N–H and O–H groups in total. The van der Waals surface area contributed by atoms with Gasteiger partial charge in [-0.1, -0.05) is 11.6 Å². The minimum Gasteiger partial charge on any atom is -0.306 e. The number of halogens is 4. The van der Waals surface area contributed by atoms with E-state index in [9.17, 15) is 18.0 Å². The Bertz CT molecular complexity index is 889. The van der Waals surface area contributed by atoms with E-state index in [4.69, 9.17) is 11.6 Å². The summed E-state index contributed by atoms with van der Waals surface area (Å²) in [7, 11) is 0.